The van der Waals surface area contributed by atoms with Gasteiger partial charge in [0.15, 0.2) is 0 Å². The Bertz CT molecular complexity index is 2140. The van der Waals surface area contributed by atoms with E-state index in [1.807, 2.05) is 6.07 Å². The number of allylic oxidation sites excluding steroid dienone is 4. The van der Waals surface area contributed by atoms with Crippen molar-refractivity contribution in [1.82, 2.24) is 0 Å². The average Bonchev–Trinajstić information content (AvgIpc) is 3.67. The van der Waals surface area contributed by atoms with Crippen molar-refractivity contribution in [3.05, 3.63) is 132 Å². The number of rotatable bonds is 4. The first-order chi connectivity index (χ1) is 23.0. The Morgan fingerprint density at radius 1 is 0.640 bits per heavy atom. The standard InChI is InChI=1S/C29H41.C7H7.C6H4Cl.C5H5.CH2.Zr/c1-26(2,3)22-14-18-13-19-15-23(27(4,5)6)25(29(10,11)12)17-21(19)20(18)16-24(22)28(7,8)9;1-7-5-3-2-4-6-7;7-6-4-2-1-3-5-6;1-2-4-5-3-1;;/h14,16-17H,13H2,1-12H3;3-6H,1H3;1-2,4-5H;1-3H,4H2;1H2;. The Labute approximate surface area is 309 Å². The SMILES string of the molecule is [CH2]=[Zr]([C]1=CC=CC1)([c]1ccc(C)cc1)([c]1cccc(Cl)c1)[c]1c2c(cc(C(C)(C)C)c1C(C)(C)C)-c1cc(C(C)(C)C)c(C(C)(C)C)cc1C2. The van der Waals surface area contributed by atoms with Gasteiger partial charge in [0.1, 0.15) is 0 Å². The van der Waals surface area contributed by atoms with Crippen molar-refractivity contribution < 1.29 is 18.3 Å². The molecule has 0 aliphatic heterocycles. The molecule has 4 aromatic rings. The molecule has 0 spiro atoms. The van der Waals surface area contributed by atoms with Crippen LogP contribution in [-0.2, 0) is 46.4 Å². The van der Waals surface area contributed by atoms with E-state index in [9.17, 15) is 0 Å². The molecule has 0 radical (unpaired) electrons. The molecule has 0 fully saturated rings. The summed E-state index contributed by atoms with van der Waals surface area (Å²) in [5.74, 6) is 0. The molecule has 0 amide bonds. The molecule has 0 saturated carbocycles. The molecular weight excluding hydrogens is 703 g/mol. The van der Waals surface area contributed by atoms with Gasteiger partial charge in [-0.25, -0.2) is 0 Å². The summed E-state index contributed by atoms with van der Waals surface area (Å²) in [4.78, 5) is 0. The van der Waals surface area contributed by atoms with Gasteiger partial charge in [0.05, 0.1) is 0 Å². The number of aryl methyl sites for hydroxylation is 1. The minimum absolute atomic E-state index is 0.0148. The zero-order valence-corrected chi connectivity index (χ0v) is 36.3. The van der Waals surface area contributed by atoms with Gasteiger partial charge < -0.3 is 0 Å². The maximum absolute atomic E-state index is 7.03. The van der Waals surface area contributed by atoms with E-state index in [1.54, 1.807) is 0 Å². The molecule has 0 aromatic heterocycles. The third kappa shape index (κ3) is 5.78. The van der Waals surface area contributed by atoms with Crippen molar-refractivity contribution in [3.63, 3.8) is 0 Å². The Morgan fingerprint density at radius 2 is 1.22 bits per heavy atom. The summed E-state index contributed by atoms with van der Waals surface area (Å²) in [6, 6.07) is 26.0. The topological polar surface area (TPSA) is 0 Å². The molecule has 50 heavy (non-hydrogen) atoms. The van der Waals surface area contributed by atoms with E-state index < -0.39 is 18.3 Å². The molecule has 262 valence electrons. The number of hydrogen-bond donors (Lipinski definition) is 0. The second kappa shape index (κ2) is 12.0. The van der Waals surface area contributed by atoms with Crippen molar-refractivity contribution in [2.75, 3.05) is 0 Å². The van der Waals surface area contributed by atoms with E-state index >= 15 is 0 Å². The van der Waals surface area contributed by atoms with Crippen molar-refractivity contribution >= 4 is 25.6 Å². The Hall–Kier alpha value is -2.60. The molecule has 0 bridgehead atoms. The van der Waals surface area contributed by atoms with E-state index in [1.165, 1.54) is 63.2 Å². The molecule has 0 N–H and O–H groups in total. The van der Waals surface area contributed by atoms with Gasteiger partial charge in [0, 0.05) is 0 Å². The third-order valence-corrected chi connectivity index (χ3v) is 28.2. The maximum atomic E-state index is 7.03. The van der Waals surface area contributed by atoms with Gasteiger partial charge in [-0.2, -0.15) is 0 Å². The molecule has 0 nitrogen and oxygen atoms in total. The van der Waals surface area contributed by atoms with Gasteiger partial charge in [-0.3, -0.25) is 0 Å². The Balaban J connectivity index is 1.93. The number of halogens is 1. The van der Waals surface area contributed by atoms with Crippen LogP contribution < -0.4 is 9.81 Å². The number of fused-ring (bicyclic) bond motifs is 3. The normalized spacial score (nSPS) is 15.3. The van der Waals surface area contributed by atoms with Crippen LogP contribution in [0.3, 0.4) is 0 Å². The molecule has 4 aromatic carbocycles. The van der Waals surface area contributed by atoms with Crippen LogP contribution in [0, 0.1) is 6.92 Å². The molecule has 0 heterocycles. The van der Waals surface area contributed by atoms with Crippen LogP contribution in [0.1, 0.15) is 128 Å². The van der Waals surface area contributed by atoms with Crippen molar-refractivity contribution in [2.24, 2.45) is 0 Å². The van der Waals surface area contributed by atoms with Crippen LogP contribution in [0.4, 0.5) is 0 Å². The molecule has 6 rings (SSSR count). The van der Waals surface area contributed by atoms with Gasteiger partial charge in [-0.05, 0) is 0 Å². The first kappa shape index (κ1) is 37.2. The number of hydrogen-bond acceptors (Lipinski definition) is 0. The van der Waals surface area contributed by atoms with Crippen molar-refractivity contribution in [3.8, 4) is 11.1 Å². The zero-order chi connectivity index (χ0) is 36.8. The molecule has 2 aliphatic rings. The van der Waals surface area contributed by atoms with E-state index in [0.29, 0.717) is 0 Å². The Morgan fingerprint density at radius 3 is 1.74 bits per heavy atom. The summed E-state index contributed by atoms with van der Waals surface area (Å²) >= 11 is 1.93. The number of benzene rings is 4. The van der Waals surface area contributed by atoms with Gasteiger partial charge in [0.25, 0.3) is 0 Å². The summed E-state index contributed by atoms with van der Waals surface area (Å²) in [6.07, 6.45) is 8.86. The van der Waals surface area contributed by atoms with Crippen molar-refractivity contribution in [2.45, 2.75) is 125 Å². The van der Waals surface area contributed by atoms with Gasteiger partial charge in [-0.1, -0.05) is 0 Å². The summed E-state index contributed by atoms with van der Waals surface area (Å²) < 4.78 is 11.6. The summed E-state index contributed by atoms with van der Waals surface area (Å²) in [5.41, 5.74) is 12.7. The zero-order valence-electron chi connectivity index (χ0n) is 33.1. The van der Waals surface area contributed by atoms with E-state index in [-0.39, 0.29) is 21.7 Å². The molecular formula is C48H59ClZr. The molecule has 2 heteroatoms. The molecule has 0 unspecified atom stereocenters. The Kier molecular flexibility index (Phi) is 8.90. The van der Waals surface area contributed by atoms with Crippen LogP contribution in [0.5, 0.6) is 0 Å². The van der Waals surface area contributed by atoms with Crippen LogP contribution in [0.25, 0.3) is 11.1 Å². The van der Waals surface area contributed by atoms with Crippen molar-refractivity contribution in [1.29, 1.82) is 0 Å². The summed E-state index contributed by atoms with van der Waals surface area (Å²) in [5, 5.41) is 0.777. The fourth-order valence-corrected chi connectivity index (χ4v) is 26.3. The second-order valence-electron chi connectivity index (χ2n) is 19.6. The first-order valence-electron chi connectivity index (χ1n) is 18.6. The minimum atomic E-state index is -5.11. The predicted molar refractivity (Wildman–Crippen MR) is 220 cm³/mol. The molecule has 0 atom stereocenters. The summed E-state index contributed by atoms with van der Waals surface area (Å²) in [6.45, 7) is 30.9. The predicted octanol–water partition coefficient (Wildman–Crippen LogP) is 11.7. The average molecular weight is 763 g/mol. The van der Waals surface area contributed by atoms with Crippen LogP contribution in [0.15, 0.2) is 88.2 Å². The van der Waals surface area contributed by atoms with Crippen LogP contribution in [-0.4, -0.2) is 4.21 Å². The first-order valence-corrected chi connectivity index (χ1v) is 25.6. The summed E-state index contributed by atoms with van der Waals surface area (Å²) in [7, 11) is 0. The molecule has 0 saturated heterocycles. The van der Waals surface area contributed by atoms with E-state index in [2.05, 4.69) is 169 Å². The quantitative estimate of drug-likeness (QED) is 0.171. The van der Waals surface area contributed by atoms with Gasteiger partial charge in [-0.15, -0.1) is 0 Å². The molecule has 2 aliphatic carbocycles. The van der Waals surface area contributed by atoms with Gasteiger partial charge >= 0.3 is 312 Å². The van der Waals surface area contributed by atoms with Gasteiger partial charge in [0.2, 0.25) is 0 Å². The van der Waals surface area contributed by atoms with Crippen LogP contribution >= 0.6 is 11.6 Å². The fourth-order valence-electron chi connectivity index (χ4n) is 9.20. The second-order valence-corrected chi connectivity index (χ2v) is 32.8. The van der Waals surface area contributed by atoms with Crippen LogP contribution in [0.2, 0.25) is 5.02 Å². The fraction of sp³-hybridized carbons (Fsp3) is 0.396. The van der Waals surface area contributed by atoms with E-state index in [0.717, 1.165) is 17.9 Å². The van der Waals surface area contributed by atoms with E-state index in [4.69, 9.17) is 15.8 Å². The third-order valence-electron chi connectivity index (χ3n) is 11.7. The monoisotopic (exact) mass is 760 g/mol.